The molecule has 2 aromatic rings. The van der Waals surface area contributed by atoms with Gasteiger partial charge in [-0.3, -0.25) is 10.1 Å². The molecule has 1 heterocycles. The van der Waals surface area contributed by atoms with Crippen LogP contribution >= 0.6 is 27.5 Å². The molecule has 0 radical (unpaired) electrons. The van der Waals surface area contributed by atoms with Crippen molar-refractivity contribution in [3.05, 3.63) is 61.7 Å². The Balaban J connectivity index is 2.19. The minimum absolute atomic E-state index is 0.0857. The molecule has 0 saturated carbocycles. The zero-order valence-corrected chi connectivity index (χ0v) is 11.9. The Hall–Kier alpha value is -1.66. The van der Waals surface area contributed by atoms with Gasteiger partial charge >= 0.3 is 5.69 Å². The van der Waals surface area contributed by atoms with Crippen molar-refractivity contribution in [1.82, 2.24) is 4.98 Å². The normalized spacial score (nSPS) is 10.2. The highest BCUT2D eigenvalue weighted by atomic mass is 79.9. The first kappa shape index (κ1) is 13.8. The van der Waals surface area contributed by atoms with E-state index in [1.807, 2.05) is 24.3 Å². The average molecular weight is 344 g/mol. The Morgan fingerprint density at radius 2 is 2.16 bits per heavy atom. The molecule has 0 aliphatic carbocycles. The summed E-state index contributed by atoms with van der Waals surface area (Å²) in [5.41, 5.74) is 0.657. The van der Waals surface area contributed by atoms with Crippen LogP contribution in [-0.4, -0.2) is 9.91 Å². The van der Waals surface area contributed by atoms with Gasteiger partial charge < -0.3 is 4.74 Å². The van der Waals surface area contributed by atoms with E-state index in [0.29, 0.717) is 0 Å². The van der Waals surface area contributed by atoms with E-state index in [1.54, 1.807) is 0 Å². The molecule has 0 N–H and O–H groups in total. The van der Waals surface area contributed by atoms with Crippen molar-refractivity contribution in [2.75, 3.05) is 0 Å². The summed E-state index contributed by atoms with van der Waals surface area (Å²) in [6, 6.07) is 10.1. The van der Waals surface area contributed by atoms with Crippen molar-refractivity contribution in [1.29, 1.82) is 0 Å². The molecule has 0 spiro atoms. The molecule has 1 aromatic carbocycles. The van der Waals surface area contributed by atoms with Crippen LogP contribution in [0.2, 0.25) is 5.15 Å². The second-order valence-electron chi connectivity index (χ2n) is 3.63. The standard InChI is InChI=1S/C12H8BrClN2O3/c13-9-3-1-2-8(6-9)7-19-12-10(16(17)18)4-5-11(14)15-12/h1-6H,7H2. The summed E-state index contributed by atoms with van der Waals surface area (Å²) in [6.45, 7) is 0.174. The molecular weight excluding hydrogens is 336 g/mol. The Bertz CT molecular complexity index is 622. The van der Waals surface area contributed by atoms with E-state index in [4.69, 9.17) is 16.3 Å². The largest absolute Gasteiger partial charge is 0.468 e. The molecule has 5 nitrogen and oxygen atoms in total. The number of halogens is 2. The Labute approximate surface area is 122 Å². The third-order valence-electron chi connectivity index (χ3n) is 2.27. The summed E-state index contributed by atoms with van der Waals surface area (Å²) in [4.78, 5) is 14.1. The summed E-state index contributed by atoms with van der Waals surface area (Å²) in [5, 5.41) is 11.0. The summed E-state index contributed by atoms with van der Waals surface area (Å²) >= 11 is 9.04. The van der Waals surface area contributed by atoms with Gasteiger partial charge in [-0.25, -0.2) is 0 Å². The van der Waals surface area contributed by atoms with Crippen molar-refractivity contribution in [3.63, 3.8) is 0 Å². The quantitative estimate of drug-likeness (QED) is 0.478. The van der Waals surface area contributed by atoms with E-state index in [2.05, 4.69) is 20.9 Å². The molecule has 0 saturated heterocycles. The van der Waals surface area contributed by atoms with Gasteiger partial charge in [0, 0.05) is 10.5 Å². The van der Waals surface area contributed by atoms with Gasteiger partial charge in [0.2, 0.25) is 0 Å². The monoisotopic (exact) mass is 342 g/mol. The van der Waals surface area contributed by atoms with Crippen LogP contribution in [0.25, 0.3) is 0 Å². The Kier molecular flexibility index (Phi) is 4.34. The lowest BCUT2D eigenvalue weighted by Crippen LogP contribution is -2.01. The van der Waals surface area contributed by atoms with Crippen molar-refractivity contribution >= 4 is 33.2 Å². The topological polar surface area (TPSA) is 65.3 Å². The van der Waals surface area contributed by atoms with Gasteiger partial charge in [0.1, 0.15) is 11.8 Å². The highest BCUT2D eigenvalue weighted by molar-refractivity contribution is 9.10. The molecule has 0 fully saturated rings. The molecule has 7 heteroatoms. The van der Waals surface area contributed by atoms with Crippen LogP contribution in [0.15, 0.2) is 40.9 Å². The van der Waals surface area contributed by atoms with Crippen LogP contribution in [0.5, 0.6) is 5.88 Å². The third kappa shape index (κ3) is 3.65. The van der Waals surface area contributed by atoms with Gasteiger partial charge in [-0.15, -0.1) is 0 Å². The molecule has 1 aromatic heterocycles. The average Bonchev–Trinajstić information content (AvgIpc) is 2.36. The van der Waals surface area contributed by atoms with Crippen LogP contribution in [-0.2, 0) is 6.61 Å². The molecule has 0 unspecified atom stereocenters. The zero-order valence-electron chi connectivity index (χ0n) is 9.55. The minimum Gasteiger partial charge on any atom is -0.468 e. The fourth-order valence-corrected chi connectivity index (χ4v) is 2.02. The SMILES string of the molecule is O=[N+]([O-])c1ccc(Cl)nc1OCc1cccc(Br)c1. The summed E-state index contributed by atoms with van der Waals surface area (Å²) < 4.78 is 6.27. The molecule has 0 atom stereocenters. The zero-order chi connectivity index (χ0) is 13.8. The first-order valence-electron chi connectivity index (χ1n) is 5.24. The summed E-state index contributed by atoms with van der Waals surface area (Å²) in [6.07, 6.45) is 0. The smallest absolute Gasteiger partial charge is 0.331 e. The van der Waals surface area contributed by atoms with Crippen molar-refractivity contribution in [3.8, 4) is 5.88 Å². The van der Waals surface area contributed by atoms with E-state index >= 15 is 0 Å². The summed E-state index contributed by atoms with van der Waals surface area (Å²) in [5.74, 6) is -0.0857. The molecule has 2 rings (SSSR count). The molecule has 0 amide bonds. The third-order valence-corrected chi connectivity index (χ3v) is 2.97. The lowest BCUT2D eigenvalue weighted by molar-refractivity contribution is -0.386. The van der Waals surface area contributed by atoms with Crippen LogP contribution in [0.3, 0.4) is 0 Å². The van der Waals surface area contributed by atoms with Crippen LogP contribution in [0.4, 0.5) is 5.69 Å². The van der Waals surface area contributed by atoms with E-state index in [9.17, 15) is 10.1 Å². The van der Waals surface area contributed by atoms with Crippen LogP contribution in [0.1, 0.15) is 5.56 Å². The number of aromatic nitrogens is 1. The maximum atomic E-state index is 10.8. The predicted molar refractivity (Wildman–Crippen MR) is 74.4 cm³/mol. The van der Waals surface area contributed by atoms with Gasteiger partial charge in [0.25, 0.3) is 5.88 Å². The van der Waals surface area contributed by atoms with Crippen molar-refractivity contribution < 1.29 is 9.66 Å². The highest BCUT2D eigenvalue weighted by Crippen LogP contribution is 2.27. The predicted octanol–water partition coefficient (Wildman–Crippen LogP) is 3.98. The molecular formula is C12H8BrClN2O3. The van der Waals surface area contributed by atoms with Gasteiger partial charge in [-0.2, -0.15) is 4.98 Å². The fraction of sp³-hybridized carbons (Fsp3) is 0.0833. The number of pyridine rings is 1. The fourth-order valence-electron chi connectivity index (χ4n) is 1.43. The number of nitro groups is 1. The maximum absolute atomic E-state index is 10.8. The van der Waals surface area contributed by atoms with Crippen LogP contribution < -0.4 is 4.74 Å². The second kappa shape index (κ2) is 5.99. The van der Waals surface area contributed by atoms with Gasteiger partial charge in [-0.05, 0) is 23.8 Å². The van der Waals surface area contributed by atoms with Crippen LogP contribution in [0, 0.1) is 10.1 Å². The molecule has 0 aliphatic rings. The van der Waals surface area contributed by atoms with Gasteiger partial charge in [-0.1, -0.05) is 39.7 Å². The maximum Gasteiger partial charge on any atom is 0.331 e. The first-order valence-corrected chi connectivity index (χ1v) is 6.41. The van der Waals surface area contributed by atoms with Gasteiger partial charge in [0.05, 0.1) is 4.92 Å². The minimum atomic E-state index is -0.556. The van der Waals surface area contributed by atoms with E-state index in [0.717, 1.165) is 10.0 Å². The van der Waals surface area contributed by atoms with Crippen molar-refractivity contribution in [2.45, 2.75) is 6.61 Å². The molecule has 98 valence electrons. The Morgan fingerprint density at radius 1 is 1.37 bits per heavy atom. The number of ether oxygens (including phenoxy) is 1. The van der Waals surface area contributed by atoms with Gasteiger partial charge in [0.15, 0.2) is 0 Å². The second-order valence-corrected chi connectivity index (χ2v) is 4.94. The van der Waals surface area contributed by atoms with E-state index in [1.165, 1.54) is 12.1 Å². The van der Waals surface area contributed by atoms with E-state index < -0.39 is 4.92 Å². The first-order chi connectivity index (χ1) is 9.06. The summed E-state index contributed by atoms with van der Waals surface area (Å²) in [7, 11) is 0. The van der Waals surface area contributed by atoms with E-state index in [-0.39, 0.29) is 23.3 Å². The molecule has 0 bridgehead atoms. The lowest BCUT2D eigenvalue weighted by Gasteiger charge is -2.06. The number of nitrogens with zero attached hydrogens (tertiary/aromatic N) is 2. The number of hydrogen-bond donors (Lipinski definition) is 0. The number of hydrogen-bond acceptors (Lipinski definition) is 4. The lowest BCUT2D eigenvalue weighted by atomic mass is 10.2. The number of rotatable bonds is 4. The number of benzene rings is 1. The molecule has 0 aliphatic heterocycles. The molecule has 19 heavy (non-hydrogen) atoms. The Morgan fingerprint density at radius 3 is 2.84 bits per heavy atom. The van der Waals surface area contributed by atoms with Crippen molar-refractivity contribution in [2.24, 2.45) is 0 Å². The highest BCUT2D eigenvalue weighted by Gasteiger charge is 2.17.